The van der Waals surface area contributed by atoms with E-state index in [1.807, 2.05) is 17.5 Å². The largest absolute Gasteiger partial charge is 0.308 e. The molecule has 35 heavy (non-hydrogen) atoms. The van der Waals surface area contributed by atoms with E-state index in [0.717, 1.165) is 11.4 Å². The number of pyridine rings is 2. The monoisotopic (exact) mass is 472 g/mol. The molecule has 0 amide bonds. The molecule has 0 unspecified atom stereocenters. The van der Waals surface area contributed by atoms with Crippen molar-refractivity contribution in [2.45, 2.75) is 52.9 Å². The third-order valence-electron chi connectivity index (χ3n) is 8.98. The zero-order chi connectivity index (χ0) is 23.4. The number of nitrogens with zero attached hydrogens (tertiary/aromatic N) is 2. The standard InChI is InChI=1S/C32H28N2S/c1-17-19(3)35-28-16-25-27(15-23(17)28)34-26-11-7-6-10-22(26)29-24(14-20-8-4-5-9-20)18(2)21-12-13-33-31(25)30(21)32(29)34/h6-7,10-13,15-16,20H,4-5,8-9,14H2,1-3H3. The van der Waals surface area contributed by atoms with E-state index in [1.54, 1.807) is 5.56 Å². The lowest BCUT2D eigenvalue weighted by atomic mass is 9.87. The lowest BCUT2D eigenvalue weighted by Crippen LogP contribution is -2.04. The van der Waals surface area contributed by atoms with Gasteiger partial charge >= 0.3 is 0 Å². The normalized spacial score (nSPS) is 15.4. The van der Waals surface area contributed by atoms with Crippen LogP contribution in [0.3, 0.4) is 0 Å². The number of thiophene rings is 1. The molecule has 0 bridgehead atoms. The number of hydrogen-bond acceptors (Lipinski definition) is 2. The molecule has 1 aliphatic carbocycles. The topological polar surface area (TPSA) is 17.3 Å². The Kier molecular flexibility index (Phi) is 3.98. The first-order valence-electron chi connectivity index (χ1n) is 13.0. The molecule has 0 N–H and O–H groups in total. The number of hydrogen-bond donors (Lipinski definition) is 0. The van der Waals surface area contributed by atoms with E-state index in [0.29, 0.717) is 0 Å². The Balaban J connectivity index is 1.67. The summed E-state index contributed by atoms with van der Waals surface area (Å²) in [5, 5.41) is 8.22. The molecular formula is C32H28N2S. The van der Waals surface area contributed by atoms with Gasteiger partial charge in [0.2, 0.25) is 0 Å². The third-order valence-corrected chi connectivity index (χ3v) is 10.1. The Morgan fingerprint density at radius 2 is 1.69 bits per heavy atom. The van der Waals surface area contributed by atoms with E-state index < -0.39 is 0 Å². The summed E-state index contributed by atoms with van der Waals surface area (Å²) in [7, 11) is 0. The molecule has 3 heteroatoms. The smallest absolute Gasteiger partial charge is 0.0823 e. The summed E-state index contributed by atoms with van der Waals surface area (Å²) in [4.78, 5) is 6.44. The minimum Gasteiger partial charge on any atom is -0.308 e. The highest BCUT2D eigenvalue weighted by Crippen LogP contribution is 2.46. The van der Waals surface area contributed by atoms with E-state index in [2.05, 4.69) is 67.6 Å². The molecule has 0 radical (unpaired) electrons. The Morgan fingerprint density at radius 1 is 0.857 bits per heavy atom. The number of rotatable bonds is 2. The number of benzene rings is 3. The fraction of sp³-hybridized carbons (Fsp3) is 0.281. The number of aryl methyl sites for hydroxylation is 3. The average molecular weight is 473 g/mol. The highest BCUT2D eigenvalue weighted by atomic mass is 32.1. The second kappa shape index (κ2) is 6.95. The fourth-order valence-corrected chi connectivity index (χ4v) is 8.20. The van der Waals surface area contributed by atoms with Crippen LogP contribution in [0.15, 0.2) is 48.7 Å². The van der Waals surface area contributed by atoms with Gasteiger partial charge in [0.25, 0.3) is 0 Å². The molecule has 2 nitrogen and oxygen atoms in total. The number of fused-ring (bicyclic) bond motifs is 7. The number of para-hydroxylation sites is 1. The molecule has 0 atom stereocenters. The Labute approximate surface area is 208 Å². The molecule has 1 saturated carbocycles. The maximum atomic E-state index is 5.03. The summed E-state index contributed by atoms with van der Waals surface area (Å²) in [6.45, 7) is 6.87. The zero-order valence-electron chi connectivity index (χ0n) is 20.5. The van der Waals surface area contributed by atoms with Crippen molar-refractivity contribution in [3.8, 4) is 0 Å². The fourth-order valence-electron chi connectivity index (χ4n) is 7.11. The van der Waals surface area contributed by atoms with Crippen LogP contribution in [0, 0.1) is 26.7 Å². The van der Waals surface area contributed by atoms with Crippen LogP contribution >= 0.6 is 11.3 Å². The van der Waals surface area contributed by atoms with Gasteiger partial charge in [0, 0.05) is 37.3 Å². The van der Waals surface area contributed by atoms with Crippen molar-refractivity contribution in [1.29, 1.82) is 0 Å². The average Bonchev–Trinajstić information content (AvgIpc) is 3.58. The van der Waals surface area contributed by atoms with E-state index in [4.69, 9.17) is 4.98 Å². The summed E-state index contributed by atoms with van der Waals surface area (Å²) < 4.78 is 3.93. The van der Waals surface area contributed by atoms with Crippen molar-refractivity contribution in [2.24, 2.45) is 5.92 Å². The summed E-state index contributed by atoms with van der Waals surface area (Å²) in [5.41, 5.74) is 9.56. The second-order valence-corrected chi connectivity index (χ2v) is 12.0. The summed E-state index contributed by atoms with van der Waals surface area (Å²) in [6.07, 6.45) is 8.75. The van der Waals surface area contributed by atoms with Crippen LogP contribution < -0.4 is 0 Å². The third kappa shape index (κ3) is 2.52. The van der Waals surface area contributed by atoms with Crippen molar-refractivity contribution in [3.05, 3.63) is 70.2 Å². The predicted octanol–water partition coefficient (Wildman–Crippen LogP) is 9.26. The van der Waals surface area contributed by atoms with Gasteiger partial charge in [-0.25, -0.2) is 0 Å². The first-order valence-corrected chi connectivity index (χ1v) is 13.8. The van der Waals surface area contributed by atoms with Gasteiger partial charge in [0.1, 0.15) is 0 Å². The molecular weight excluding hydrogens is 444 g/mol. The van der Waals surface area contributed by atoms with Crippen molar-refractivity contribution < 1.29 is 0 Å². The highest BCUT2D eigenvalue weighted by Gasteiger charge is 2.26. The van der Waals surface area contributed by atoms with Gasteiger partial charge in [-0.05, 0) is 84.8 Å². The van der Waals surface area contributed by atoms with Crippen LogP contribution in [0.4, 0.5) is 0 Å². The van der Waals surface area contributed by atoms with Gasteiger partial charge in [-0.1, -0.05) is 43.9 Å². The molecule has 0 saturated heterocycles. The van der Waals surface area contributed by atoms with E-state index >= 15 is 0 Å². The molecule has 1 aliphatic rings. The van der Waals surface area contributed by atoms with Gasteiger partial charge in [-0.3, -0.25) is 4.98 Å². The van der Waals surface area contributed by atoms with E-state index in [1.165, 1.54) is 102 Å². The van der Waals surface area contributed by atoms with Crippen molar-refractivity contribution in [2.75, 3.05) is 0 Å². The summed E-state index contributed by atoms with van der Waals surface area (Å²) in [5.74, 6) is 0.809. The Hall–Kier alpha value is -3.17. The molecule has 4 aromatic heterocycles. The van der Waals surface area contributed by atoms with Gasteiger partial charge in [0.15, 0.2) is 0 Å². The van der Waals surface area contributed by atoms with Crippen LogP contribution in [0.25, 0.3) is 59.1 Å². The lowest BCUT2D eigenvalue weighted by molar-refractivity contribution is 0.547. The van der Waals surface area contributed by atoms with Crippen molar-refractivity contribution in [3.63, 3.8) is 0 Å². The van der Waals surface area contributed by atoms with E-state index in [-0.39, 0.29) is 0 Å². The minimum absolute atomic E-state index is 0.809. The first kappa shape index (κ1) is 20.1. The van der Waals surface area contributed by atoms with Crippen LogP contribution in [-0.4, -0.2) is 9.38 Å². The molecule has 172 valence electrons. The molecule has 8 rings (SSSR count). The molecule has 3 aromatic carbocycles. The zero-order valence-corrected chi connectivity index (χ0v) is 21.4. The van der Waals surface area contributed by atoms with Crippen LogP contribution in [-0.2, 0) is 6.42 Å². The SMILES string of the molecule is Cc1sc2cc3c4nccc5c(C)c(CC6CCCC6)c6c7ccccc7n(c3cc2c1C)c6c54. The maximum absolute atomic E-state index is 5.03. The molecule has 0 aliphatic heterocycles. The van der Waals surface area contributed by atoms with Gasteiger partial charge in [-0.2, -0.15) is 0 Å². The van der Waals surface area contributed by atoms with Crippen molar-refractivity contribution >= 4 is 70.4 Å². The minimum atomic E-state index is 0.809. The lowest BCUT2D eigenvalue weighted by Gasteiger charge is -2.19. The maximum Gasteiger partial charge on any atom is 0.0823 e. The molecule has 7 aromatic rings. The Morgan fingerprint density at radius 3 is 2.54 bits per heavy atom. The molecule has 1 fully saturated rings. The molecule has 4 heterocycles. The van der Waals surface area contributed by atoms with Crippen LogP contribution in [0.2, 0.25) is 0 Å². The molecule has 0 spiro atoms. The van der Waals surface area contributed by atoms with Gasteiger partial charge < -0.3 is 4.40 Å². The van der Waals surface area contributed by atoms with Gasteiger partial charge in [0.05, 0.1) is 22.1 Å². The number of aromatic nitrogens is 2. The van der Waals surface area contributed by atoms with Crippen molar-refractivity contribution in [1.82, 2.24) is 9.38 Å². The van der Waals surface area contributed by atoms with Crippen LogP contribution in [0.5, 0.6) is 0 Å². The van der Waals surface area contributed by atoms with E-state index in [9.17, 15) is 0 Å². The van der Waals surface area contributed by atoms with Crippen LogP contribution in [0.1, 0.15) is 47.3 Å². The predicted molar refractivity (Wildman–Crippen MR) is 152 cm³/mol. The summed E-state index contributed by atoms with van der Waals surface area (Å²) >= 11 is 1.91. The summed E-state index contributed by atoms with van der Waals surface area (Å²) in [6, 6.07) is 16.2. The quantitative estimate of drug-likeness (QED) is 0.181. The Bertz CT molecular complexity index is 1960. The van der Waals surface area contributed by atoms with Gasteiger partial charge in [-0.15, -0.1) is 11.3 Å². The highest BCUT2D eigenvalue weighted by molar-refractivity contribution is 7.19. The second-order valence-electron chi connectivity index (χ2n) is 10.8. The first-order chi connectivity index (χ1) is 17.1.